The second-order valence-corrected chi connectivity index (χ2v) is 7.34. The van der Waals surface area contributed by atoms with Gasteiger partial charge in [-0.3, -0.25) is 0 Å². The van der Waals surface area contributed by atoms with Crippen LogP contribution < -0.4 is 10.6 Å². The van der Waals surface area contributed by atoms with Gasteiger partial charge in [-0.25, -0.2) is 19.9 Å². The van der Waals surface area contributed by atoms with Crippen LogP contribution in [0.1, 0.15) is 30.0 Å². The molecule has 1 aliphatic heterocycles. The van der Waals surface area contributed by atoms with E-state index in [1.807, 2.05) is 25.4 Å². The van der Waals surface area contributed by atoms with Gasteiger partial charge in [0.1, 0.15) is 18.0 Å². The molecular weight excluding hydrogens is 362 g/mol. The van der Waals surface area contributed by atoms with Crippen molar-refractivity contribution in [2.24, 2.45) is 0 Å². The summed E-state index contributed by atoms with van der Waals surface area (Å²) in [7, 11) is 1.83. The van der Waals surface area contributed by atoms with Gasteiger partial charge in [0.15, 0.2) is 0 Å². The van der Waals surface area contributed by atoms with Crippen LogP contribution in [0.4, 0.5) is 17.6 Å². The van der Waals surface area contributed by atoms with Crippen molar-refractivity contribution in [2.75, 3.05) is 37.3 Å². The highest BCUT2D eigenvalue weighted by Crippen LogP contribution is 2.26. The molecular formula is C22H27N7. The Morgan fingerprint density at radius 3 is 2.79 bits per heavy atom. The van der Waals surface area contributed by atoms with Crippen LogP contribution in [-0.4, -0.2) is 51.5 Å². The Bertz CT molecular complexity index is 916. The fraction of sp³-hybridized carbons (Fsp3) is 0.364. The molecule has 1 aliphatic rings. The number of rotatable bonds is 7. The molecule has 3 heterocycles. The molecule has 1 atom stereocenters. The van der Waals surface area contributed by atoms with Crippen LogP contribution in [0.15, 0.2) is 55.0 Å². The Morgan fingerprint density at radius 2 is 1.93 bits per heavy atom. The molecule has 2 N–H and O–H groups in total. The van der Waals surface area contributed by atoms with Crippen LogP contribution >= 0.6 is 0 Å². The Balaban J connectivity index is 1.39. The van der Waals surface area contributed by atoms with Crippen LogP contribution in [0, 0.1) is 0 Å². The van der Waals surface area contributed by atoms with Crippen LogP contribution in [0.3, 0.4) is 0 Å². The van der Waals surface area contributed by atoms with Crippen molar-refractivity contribution in [2.45, 2.75) is 25.2 Å². The van der Waals surface area contributed by atoms with Crippen molar-refractivity contribution in [1.29, 1.82) is 0 Å². The van der Waals surface area contributed by atoms with Gasteiger partial charge in [-0.05, 0) is 37.4 Å². The van der Waals surface area contributed by atoms with Crippen molar-refractivity contribution >= 4 is 17.6 Å². The summed E-state index contributed by atoms with van der Waals surface area (Å²) in [5, 5.41) is 6.20. The summed E-state index contributed by atoms with van der Waals surface area (Å²) < 4.78 is 0. The summed E-state index contributed by atoms with van der Waals surface area (Å²) in [4.78, 5) is 20.1. The van der Waals surface area contributed by atoms with E-state index in [2.05, 4.69) is 60.8 Å². The van der Waals surface area contributed by atoms with E-state index in [-0.39, 0.29) is 0 Å². The number of hydrogen-bond acceptors (Lipinski definition) is 7. The third-order valence-corrected chi connectivity index (χ3v) is 5.32. The van der Waals surface area contributed by atoms with E-state index in [0.29, 0.717) is 17.7 Å². The van der Waals surface area contributed by atoms with Gasteiger partial charge < -0.3 is 15.5 Å². The highest BCUT2D eigenvalue weighted by molar-refractivity contribution is 5.52. The molecule has 0 spiro atoms. The molecule has 1 fully saturated rings. The summed E-state index contributed by atoms with van der Waals surface area (Å²) in [5.74, 6) is 2.43. The average molecular weight is 390 g/mol. The summed E-state index contributed by atoms with van der Waals surface area (Å²) in [5.41, 5.74) is 2.49. The van der Waals surface area contributed by atoms with E-state index in [1.54, 1.807) is 0 Å². The van der Waals surface area contributed by atoms with Crippen LogP contribution in [0.5, 0.6) is 0 Å². The molecule has 3 aromatic rings. The first-order valence-electron chi connectivity index (χ1n) is 10.2. The molecule has 150 valence electrons. The Kier molecular flexibility index (Phi) is 6.26. The minimum absolute atomic E-state index is 0.432. The maximum Gasteiger partial charge on any atom is 0.228 e. The van der Waals surface area contributed by atoms with Crippen molar-refractivity contribution in [3.05, 3.63) is 66.2 Å². The normalized spacial score (nSPS) is 17.1. The van der Waals surface area contributed by atoms with Gasteiger partial charge in [0.05, 0.1) is 5.69 Å². The first kappa shape index (κ1) is 19.3. The van der Waals surface area contributed by atoms with E-state index in [1.165, 1.54) is 18.3 Å². The van der Waals surface area contributed by atoms with Gasteiger partial charge in [-0.15, -0.1) is 0 Å². The molecule has 4 rings (SSSR count). The molecule has 7 nitrogen and oxygen atoms in total. The minimum Gasteiger partial charge on any atom is -0.373 e. The van der Waals surface area contributed by atoms with Crippen LogP contribution in [0.2, 0.25) is 0 Å². The maximum absolute atomic E-state index is 4.77. The van der Waals surface area contributed by atoms with Crippen LogP contribution in [-0.2, 0) is 6.42 Å². The molecule has 7 heteroatoms. The smallest absolute Gasteiger partial charge is 0.228 e. The lowest BCUT2D eigenvalue weighted by Gasteiger charge is -2.32. The number of nitrogens with zero attached hydrogens (tertiary/aromatic N) is 5. The first-order valence-corrected chi connectivity index (χ1v) is 10.2. The average Bonchev–Trinajstić information content (AvgIpc) is 2.79. The predicted octanol–water partition coefficient (Wildman–Crippen LogP) is 3.47. The topological polar surface area (TPSA) is 78.9 Å². The number of nitrogens with one attached hydrogen (secondary N) is 2. The first-order chi connectivity index (χ1) is 14.3. The number of anilines is 3. The molecule has 1 aromatic carbocycles. The van der Waals surface area contributed by atoms with E-state index in [9.17, 15) is 0 Å². The lowest BCUT2D eigenvalue weighted by Crippen LogP contribution is -2.36. The second-order valence-electron chi connectivity index (χ2n) is 7.34. The molecule has 0 aliphatic carbocycles. The number of piperidine rings is 1. The fourth-order valence-corrected chi connectivity index (χ4v) is 3.77. The molecule has 0 amide bonds. The van der Waals surface area contributed by atoms with E-state index in [0.717, 1.165) is 44.0 Å². The molecule has 0 bridgehead atoms. The zero-order chi connectivity index (χ0) is 19.9. The Hall–Kier alpha value is -3.06. The summed E-state index contributed by atoms with van der Waals surface area (Å²) in [6.45, 7) is 3.29. The quantitative estimate of drug-likeness (QED) is 0.640. The van der Waals surface area contributed by atoms with E-state index < -0.39 is 0 Å². The third kappa shape index (κ3) is 5.26. The zero-order valence-corrected chi connectivity index (χ0v) is 16.8. The van der Waals surface area contributed by atoms with Gasteiger partial charge in [0.25, 0.3) is 0 Å². The summed E-state index contributed by atoms with van der Waals surface area (Å²) >= 11 is 0. The standard InChI is InChI=1S/C22H27N7/c1-23-20-14-21(26-16-25-20)28-22-24-11-9-19(27-22)18-8-5-12-29(15-18)13-10-17-6-3-2-4-7-17/h2-4,6-7,9,11,14,16,18H,5,8,10,12-13,15H2,1H3,(H2,23,24,25,26,27,28). The summed E-state index contributed by atoms with van der Waals surface area (Å²) in [6, 6.07) is 14.6. The van der Waals surface area contributed by atoms with Gasteiger partial charge in [-0.1, -0.05) is 30.3 Å². The lowest BCUT2D eigenvalue weighted by atomic mass is 9.94. The summed E-state index contributed by atoms with van der Waals surface area (Å²) in [6.07, 6.45) is 6.79. The number of aromatic nitrogens is 4. The molecule has 29 heavy (non-hydrogen) atoms. The van der Waals surface area contributed by atoms with Gasteiger partial charge in [0.2, 0.25) is 5.95 Å². The number of benzene rings is 1. The van der Waals surface area contributed by atoms with Crippen LogP contribution in [0.25, 0.3) is 0 Å². The van der Waals surface area contributed by atoms with Gasteiger partial charge >= 0.3 is 0 Å². The Morgan fingerprint density at radius 1 is 1.07 bits per heavy atom. The van der Waals surface area contributed by atoms with Gasteiger partial charge in [-0.2, -0.15) is 0 Å². The molecule has 1 saturated heterocycles. The van der Waals surface area contributed by atoms with Crippen molar-refractivity contribution in [3.8, 4) is 0 Å². The molecule has 0 radical (unpaired) electrons. The highest BCUT2D eigenvalue weighted by Gasteiger charge is 2.22. The molecule has 2 aromatic heterocycles. The highest BCUT2D eigenvalue weighted by atomic mass is 15.2. The van der Waals surface area contributed by atoms with Gasteiger partial charge in [0, 0.05) is 38.3 Å². The second kappa shape index (κ2) is 9.43. The fourth-order valence-electron chi connectivity index (χ4n) is 3.77. The molecule has 1 unspecified atom stereocenters. The number of hydrogen-bond donors (Lipinski definition) is 2. The predicted molar refractivity (Wildman–Crippen MR) is 115 cm³/mol. The third-order valence-electron chi connectivity index (χ3n) is 5.32. The SMILES string of the molecule is CNc1cc(Nc2nccc(C3CCCN(CCc4ccccc4)C3)n2)ncn1. The largest absolute Gasteiger partial charge is 0.373 e. The minimum atomic E-state index is 0.432. The lowest BCUT2D eigenvalue weighted by molar-refractivity contribution is 0.208. The monoisotopic (exact) mass is 389 g/mol. The zero-order valence-electron chi connectivity index (χ0n) is 16.8. The van der Waals surface area contributed by atoms with E-state index >= 15 is 0 Å². The number of likely N-dealkylation sites (tertiary alicyclic amines) is 1. The van der Waals surface area contributed by atoms with Crippen molar-refractivity contribution in [1.82, 2.24) is 24.8 Å². The van der Waals surface area contributed by atoms with E-state index in [4.69, 9.17) is 4.98 Å². The van der Waals surface area contributed by atoms with Crippen molar-refractivity contribution in [3.63, 3.8) is 0 Å². The maximum atomic E-state index is 4.77. The Labute approximate surface area is 171 Å². The molecule has 0 saturated carbocycles. The van der Waals surface area contributed by atoms with Crippen molar-refractivity contribution < 1.29 is 0 Å².